The Kier molecular flexibility index (Phi) is 5.43. The lowest BCUT2D eigenvalue weighted by Gasteiger charge is -2.28. The minimum atomic E-state index is -0.786. The van der Waals surface area contributed by atoms with Crippen molar-refractivity contribution in [2.75, 3.05) is 18.5 Å². The van der Waals surface area contributed by atoms with Crippen molar-refractivity contribution in [1.29, 1.82) is 0 Å². The molecule has 0 atom stereocenters. The molecule has 0 unspecified atom stereocenters. The summed E-state index contributed by atoms with van der Waals surface area (Å²) in [6.07, 6.45) is 0. The van der Waals surface area contributed by atoms with Crippen LogP contribution in [0.2, 0.25) is 0 Å². The van der Waals surface area contributed by atoms with Crippen molar-refractivity contribution >= 4 is 11.4 Å². The third kappa shape index (κ3) is 4.76. The van der Waals surface area contributed by atoms with Crippen molar-refractivity contribution in [2.24, 2.45) is 5.84 Å². The van der Waals surface area contributed by atoms with Gasteiger partial charge >= 0.3 is 0 Å². The van der Waals surface area contributed by atoms with Gasteiger partial charge < -0.3 is 10.5 Å². The molecule has 4 N–H and O–H groups in total. The monoisotopic (exact) mass is 282 g/mol. The molecule has 7 heteroatoms. The highest BCUT2D eigenvalue weighted by molar-refractivity contribution is 5.62. The zero-order valence-corrected chi connectivity index (χ0v) is 12.1. The number of nitro benzene ring substituents is 1. The maximum atomic E-state index is 10.8. The number of likely N-dealkylation sites (N-methyl/N-ethyl adjacent to an activating group) is 1. The van der Waals surface area contributed by atoms with Crippen LogP contribution >= 0.6 is 0 Å². The van der Waals surface area contributed by atoms with Crippen LogP contribution in [0.4, 0.5) is 11.4 Å². The quantitative estimate of drug-likeness (QED) is 0.397. The summed E-state index contributed by atoms with van der Waals surface area (Å²) in [5.41, 5.74) is 2.69. The first-order valence-corrected chi connectivity index (χ1v) is 6.45. The average molecular weight is 282 g/mol. The molecule has 7 nitrogen and oxygen atoms in total. The molecule has 0 saturated heterocycles. The first-order valence-electron chi connectivity index (χ1n) is 6.45. The number of nitrogens with zero attached hydrogens (tertiary/aromatic N) is 2. The molecule has 20 heavy (non-hydrogen) atoms. The Morgan fingerprint density at radius 3 is 2.60 bits per heavy atom. The van der Waals surface area contributed by atoms with Gasteiger partial charge in [0.05, 0.1) is 10.5 Å². The van der Waals surface area contributed by atoms with Crippen molar-refractivity contribution in [2.45, 2.75) is 32.9 Å². The number of hydrazine groups is 1. The summed E-state index contributed by atoms with van der Waals surface area (Å²) in [5, 5.41) is 20.7. The first-order chi connectivity index (χ1) is 9.26. The van der Waals surface area contributed by atoms with Crippen molar-refractivity contribution in [3.8, 4) is 0 Å². The summed E-state index contributed by atoms with van der Waals surface area (Å²) in [7, 11) is 0. The largest absolute Gasteiger partial charge is 0.389 e. The normalized spacial score (nSPS) is 11.7. The van der Waals surface area contributed by atoms with E-state index in [2.05, 4.69) is 10.3 Å². The summed E-state index contributed by atoms with van der Waals surface area (Å²) >= 11 is 0. The van der Waals surface area contributed by atoms with E-state index in [1.165, 1.54) is 6.07 Å². The molecular weight excluding hydrogens is 260 g/mol. The van der Waals surface area contributed by atoms with E-state index in [0.717, 1.165) is 12.1 Å². The van der Waals surface area contributed by atoms with Crippen LogP contribution < -0.4 is 11.3 Å². The second-order valence-corrected chi connectivity index (χ2v) is 5.37. The molecule has 0 aliphatic carbocycles. The van der Waals surface area contributed by atoms with Crippen LogP contribution in [0.5, 0.6) is 0 Å². The van der Waals surface area contributed by atoms with Gasteiger partial charge in [-0.1, -0.05) is 13.0 Å². The second kappa shape index (κ2) is 6.65. The van der Waals surface area contributed by atoms with E-state index in [9.17, 15) is 15.2 Å². The summed E-state index contributed by atoms with van der Waals surface area (Å²) in [6.45, 7) is 7.38. The SMILES string of the molecule is CCN(Cc1ccc([N+](=O)[O-])c(NN)c1)CC(C)(C)O. The Hall–Kier alpha value is -1.70. The van der Waals surface area contributed by atoms with Crippen LogP contribution in [0.1, 0.15) is 26.3 Å². The number of rotatable bonds is 7. The molecule has 0 amide bonds. The van der Waals surface area contributed by atoms with Gasteiger partial charge in [-0.15, -0.1) is 0 Å². The Bertz CT molecular complexity index is 471. The number of benzene rings is 1. The number of nitro groups is 1. The Balaban J connectivity index is 2.89. The molecule has 1 rings (SSSR count). The molecule has 0 spiro atoms. The number of nitrogen functional groups attached to an aromatic ring is 1. The van der Waals surface area contributed by atoms with Crippen molar-refractivity contribution in [3.05, 3.63) is 33.9 Å². The Morgan fingerprint density at radius 1 is 1.50 bits per heavy atom. The van der Waals surface area contributed by atoms with Crippen LogP contribution in [0, 0.1) is 10.1 Å². The molecule has 0 aliphatic heterocycles. The molecule has 0 fully saturated rings. The smallest absolute Gasteiger partial charge is 0.293 e. The van der Waals surface area contributed by atoms with Crippen LogP contribution in [-0.2, 0) is 6.54 Å². The number of hydrogen-bond donors (Lipinski definition) is 3. The lowest BCUT2D eigenvalue weighted by Crippen LogP contribution is -2.38. The van der Waals surface area contributed by atoms with E-state index >= 15 is 0 Å². The van der Waals surface area contributed by atoms with E-state index in [-0.39, 0.29) is 11.4 Å². The zero-order chi connectivity index (χ0) is 15.3. The maximum absolute atomic E-state index is 10.8. The van der Waals surface area contributed by atoms with Gasteiger partial charge in [-0.3, -0.25) is 20.9 Å². The highest BCUT2D eigenvalue weighted by Gasteiger charge is 2.19. The third-order valence-corrected chi connectivity index (χ3v) is 2.88. The molecule has 1 aromatic rings. The van der Waals surface area contributed by atoms with E-state index < -0.39 is 10.5 Å². The highest BCUT2D eigenvalue weighted by atomic mass is 16.6. The van der Waals surface area contributed by atoms with Gasteiger partial charge in [0.25, 0.3) is 5.69 Å². The highest BCUT2D eigenvalue weighted by Crippen LogP contribution is 2.25. The molecule has 0 saturated carbocycles. The van der Waals surface area contributed by atoms with Gasteiger partial charge in [0.1, 0.15) is 5.69 Å². The lowest BCUT2D eigenvalue weighted by molar-refractivity contribution is -0.384. The molecule has 0 aliphatic rings. The van der Waals surface area contributed by atoms with E-state index in [0.29, 0.717) is 13.1 Å². The van der Waals surface area contributed by atoms with Crippen molar-refractivity contribution < 1.29 is 10.0 Å². The van der Waals surface area contributed by atoms with Crippen molar-refractivity contribution in [1.82, 2.24) is 4.90 Å². The summed E-state index contributed by atoms with van der Waals surface area (Å²) in [6, 6.07) is 4.79. The molecule has 0 aromatic heterocycles. The van der Waals surface area contributed by atoms with Crippen molar-refractivity contribution in [3.63, 3.8) is 0 Å². The predicted octanol–water partition coefficient (Wildman–Crippen LogP) is 1.47. The van der Waals surface area contributed by atoms with Crippen LogP contribution in [0.15, 0.2) is 18.2 Å². The van der Waals surface area contributed by atoms with Gasteiger partial charge in [-0.2, -0.15) is 0 Å². The number of nitrogens with two attached hydrogens (primary N) is 1. The van der Waals surface area contributed by atoms with Crippen LogP contribution in [0.25, 0.3) is 0 Å². The fraction of sp³-hybridized carbons (Fsp3) is 0.538. The molecule has 0 heterocycles. The standard InChI is InChI=1S/C13H22N4O3/c1-4-16(9-13(2,3)18)8-10-5-6-12(17(19)20)11(7-10)15-14/h5-7,15,18H,4,8-9,14H2,1-3H3. The van der Waals surface area contributed by atoms with Crippen LogP contribution in [0.3, 0.4) is 0 Å². The Labute approximate surface area is 118 Å². The van der Waals surface area contributed by atoms with Gasteiger partial charge in [-0.05, 0) is 32.0 Å². The molecule has 0 bridgehead atoms. The zero-order valence-electron chi connectivity index (χ0n) is 12.1. The lowest BCUT2D eigenvalue weighted by atomic mass is 10.1. The summed E-state index contributed by atoms with van der Waals surface area (Å²) in [4.78, 5) is 12.4. The third-order valence-electron chi connectivity index (χ3n) is 2.88. The van der Waals surface area contributed by atoms with Gasteiger partial charge in [0.2, 0.25) is 0 Å². The fourth-order valence-corrected chi connectivity index (χ4v) is 2.04. The van der Waals surface area contributed by atoms with Gasteiger partial charge in [-0.25, -0.2) is 0 Å². The molecule has 0 radical (unpaired) electrons. The van der Waals surface area contributed by atoms with E-state index in [4.69, 9.17) is 5.84 Å². The number of nitrogens with one attached hydrogen (secondary N) is 1. The molecular formula is C13H22N4O3. The molecule has 112 valence electrons. The average Bonchev–Trinajstić information content (AvgIpc) is 2.35. The minimum absolute atomic E-state index is 0.0539. The maximum Gasteiger partial charge on any atom is 0.293 e. The predicted molar refractivity (Wildman–Crippen MR) is 78.2 cm³/mol. The number of aliphatic hydroxyl groups is 1. The van der Waals surface area contributed by atoms with E-state index in [1.807, 2.05) is 6.92 Å². The Morgan fingerprint density at radius 2 is 2.15 bits per heavy atom. The van der Waals surface area contributed by atoms with E-state index in [1.54, 1.807) is 26.0 Å². The number of anilines is 1. The molecule has 1 aromatic carbocycles. The second-order valence-electron chi connectivity index (χ2n) is 5.37. The van der Waals surface area contributed by atoms with Crippen LogP contribution in [-0.4, -0.2) is 33.6 Å². The summed E-state index contributed by atoms with van der Waals surface area (Å²) in [5.74, 6) is 5.31. The summed E-state index contributed by atoms with van der Waals surface area (Å²) < 4.78 is 0. The van der Waals surface area contributed by atoms with Gasteiger partial charge in [0.15, 0.2) is 0 Å². The fourth-order valence-electron chi connectivity index (χ4n) is 2.04. The topological polar surface area (TPSA) is 105 Å². The number of hydrogen-bond acceptors (Lipinski definition) is 6. The first kappa shape index (κ1) is 16.4. The minimum Gasteiger partial charge on any atom is -0.389 e. The van der Waals surface area contributed by atoms with Gasteiger partial charge in [0, 0.05) is 19.2 Å².